The van der Waals surface area contributed by atoms with Crippen molar-refractivity contribution in [3.63, 3.8) is 0 Å². The molecule has 0 aliphatic heterocycles. The zero-order valence-corrected chi connectivity index (χ0v) is 10.2. The van der Waals surface area contributed by atoms with E-state index in [1.54, 1.807) is 12.4 Å². The van der Waals surface area contributed by atoms with Crippen molar-refractivity contribution in [2.24, 2.45) is 5.73 Å². The summed E-state index contributed by atoms with van der Waals surface area (Å²) in [4.78, 5) is 8.75. The number of nitrogens with two attached hydrogens (primary N) is 1. The van der Waals surface area contributed by atoms with Crippen LogP contribution in [0, 0.1) is 0 Å². The fraction of sp³-hybridized carbons (Fsp3) is 0.308. The summed E-state index contributed by atoms with van der Waals surface area (Å²) in [6.07, 6.45) is 11.4. The fourth-order valence-electron chi connectivity index (χ4n) is 1.78. The number of aromatic nitrogens is 4. The lowest BCUT2D eigenvalue weighted by molar-refractivity contribution is 0.642. The van der Waals surface area contributed by atoms with Gasteiger partial charge in [0.25, 0.3) is 0 Å². The van der Waals surface area contributed by atoms with Crippen LogP contribution >= 0.6 is 0 Å². The molecular weight excluding hydrogens is 226 g/mol. The molecule has 5 heteroatoms. The number of nitrogens with zero attached hydrogens (tertiary/aromatic N) is 4. The van der Waals surface area contributed by atoms with Crippen molar-refractivity contribution in [3.8, 4) is 11.3 Å². The Morgan fingerprint density at radius 2 is 2.17 bits per heavy atom. The Morgan fingerprint density at radius 3 is 2.78 bits per heavy atom. The average molecular weight is 241 g/mol. The summed E-state index contributed by atoms with van der Waals surface area (Å²) in [5.41, 5.74) is 9.03. The highest BCUT2D eigenvalue weighted by atomic mass is 15.3. The van der Waals surface area contributed by atoms with Crippen LogP contribution in [0.3, 0.4) is 0 Å². The van der Waals surface area contributed by atoms with Gasteiger partial charge >= 0.3 is 0 Å². The minimum atomic E-state index is 0.591. The van der Waals surface area contributed by atoms with Crippen LogP contribution in [0.5, 0.6) is 0 Å². The van der Waals surface area contributed by atoms with Gasteiger partial charge in [-0.2, -0.15) is 5.10 Å². The number of hydrogen-bond acceptors (Lipinski definition) is 4. The lowest BCUT2D eigenvalue weighted by atomic mass is 10.2. The Kier molecular flexibility index (Phi) is 2.59. The molecule has 2 N–H and O–H groups in total. The number of allylic oxidation sites excluding steroid dienone is 1. The van der Waals surface area contributed by atoms with Crippen LogP contribution in [0.4, 0.5) is 0 Å². The van der Waals surface area contributed by atoms with Crippen LogP contribution in [-0.4, -0.2) is 19.7 Å². The first kappa shape index (κ1) is 11.0. The van der Waals surface area contributed by atoms with Gasteiger partial charge in [0, 0.05) is 11.8 Å². The second-order valence-corrected chi connectivity index (χ2v) is 4.58. The van der Waals surface area contributed by atoms with E-state index in [1.807, 2.05) is 24.0 Å². The Morgan fingerprint density at radius 1 is 1.33 bits per heavy atom. The van der Waals surface area contributed by atoms with Crippen molar-refractivity contribution in [3.05, 3.63) is 36.7 Å². The molecule has 0 spiro atoms. The highest BCUT2D eigenvalue weighted by molar-refractivity contribution is 5.61. The molecule has 1 saturated carbocycles. The quantitative estimate of drug-likeness (QED) is 0.892. The Labute approximate surface area is 105 Å². The first-order valence-corrected chi connectivity index (χ1v) is 6.03. The number of rotatable bonds is 3. The molecule has 2 heterocycles. The van der Waals surface area contributed by atoms with Gasteiger partial charge < -0.3 is 5.73 Å². The normalized spacial score (nSPS) is 15.9. The summed E-state index contributed by atoms with van der Waals surface area (Å²) < 4.78 is 2.01. The van der Waals surface area contributed by atoms with Gasteiger partial charge in [0.05, 0.1) is 36.0 Å². The first-order chi connectivity index (χ1) is 8.78. The molecule has 0 aromatic carbocycles. The molecule has 18 heavy (non-hydrogen) atoms. The van der Waals surface area contributed by atoms with Gasteiger partial charge in [-0.25, -0.2) is 0 Å². The van der Waals surface area contributed by atoms with E-state index in [0.717, 1.165) is 22.5 Å². The molecule has 92 valence electrons. The molecule has 2 aromatic heterocycles. The highest BCUT2D eigenvalue weighted by Crippen LogP contribution is 2.34. The van der Waals surface area contributed by atoms with E-state index < -0.39 is 0 Å². The predicted octanol–water partition coefficient (Wildman–Crippen LogP) is 1.99. The zero-order chi connectivity index (χ0) is 12.5. The zero-order valence-electron chi connectivity index (χ0n) is 10.2. The van der Waals surface area contributed by atoms with Crippen molar-refractivity contribution < 1.29 is 0 Å². The lowest BCUT2D eigenvalue weighted by Crippen LogP contribution is -1.93. The summed E-state index contributed by atoms with van der Waals surface area (Å²) in [7, 11) is 0. The van der Waals surface area contributed by atoms with Crippen LogP contribution in [0.1, 0.15) is 31.5 Å². The molecule has 3 rings (SSSR count). The van der Waals surface area contributed by atoms with Gasteiger partial charge in [-0.1, -0.05) is 0 Å². The SMILES string of the molecule is C/C(=C/N)c1cnc(-c2cnn(C3CC3)c2)cn1. The van der Waals surface area contributed by atoms with Crippen LogP contribution in [0.2, 0.25) is 0 Å². The van der Waals surface area contributed by atoms with Crippen LogP contribution in [0.15, 0.2) is 31.0 Å². The highest BCUT2D eigenvalue weighted by Gasteiger charge is 2.24. The standard InChI is InChI=1S/C13H15N5/c1-9(4-14)12-6-16-13(7-15-12)10-5-17-18(8-10)11-2-3-11/h4-8,11H,2-3,14H2,1H3/b9-4-. The number of hydrogen-bond donors (Lipinski definition) is 1. The van der Waals surface area contributed by atoms with E-state index in [2.05, 4.69) is 15.1 Å². The van der Waals surface area contributed by atoms with Gasteiger partial charge in [0.1, 0.15) is 0 Å². The van der Waals surface area contributed by atoms with E-state index in [0.29, 0.717) is 6.04 Å². The third kappa shape index (κ3) is 1.99. The minimum Gasteiger partial charge on any atom is -0.404 e. The molecule has 5 nitrogen and oxygen atoms in total. The fourth-order valence-corrected chi connectivity index (χ4v) is 1.78. The molecule has 0 saturated heterocycles. The second-order valence-electron chi connectivity index (χ2n) is 4.58. The van der Waals surface area contributed by atoms with Crippen molar-refractivity contribution >= 4 is 5.57 Å². The third-order valence-corrected chi connectivity index (χ3v) is 3.12. The molecular formula is C13H15N5. The maximum absolute atomic E-state index is 5.45. The summed E-state index contributed by atoms with van der Waals surface area (Å²) in [5.74, 6) is 0. The topological polar surface area (TPSA) is 69.6 Å². The Bertz CT molecular complexity index is 578. The molecule has 0 unspecified atom stereocenters. The largest absolute Gasteiger partial charge is 0.404 e. The van der Waals surface area contributed by atoms with E-state index >= 15 is 0 Å². The molecule has 0 atom stereocenters. The van der Waals surface area contributed by atoms with Crippen molar-refractivity contribution in [1.29, 1.82) is 0 Å². The van der Waals surface area contributed by atoms with Crippen LogP contribution < -0.4 is 5.73 Å². The molecule has 0 bridgehead atoms. The van der Waals surface area contributed by atoms with Crippen molar-refractivity contribution in [2.75, 3.05) is 0 Å². The maximum atomic E-state index is 5.45. The molecule has 1 aliphatic rings. The minimum absolute atomic E-state index is 0.591. The molecule has 2 aromatic rings. The second kappa shape index (κ2) is 4.25. The first-order valence-electron chi connectivity index (χ1n) is 6.03. The molecule has 1 aliphatic carbocycles. The van der Waals surface area contributed by atoms with Crippen LogP contribution in [-0.2, 0) is 0 Å². The lowest BCUT2D eigenvalue weighted by Gasteiger charge is -2.00. The summed E-state index contributed by atoms with van der Waals surface area (Å²) in [6, 6.07) is 0.591. The summed E-state index contributed by atoms with van der Waals surface area (Å²) in [6.45, 7) is 1.91. The molecule has 1 fully saturated rings. The van der Waals surface area contributed by atoms with Crippen LogP contribution in [0.25, 0.3) is 16.8 Å². The summed E-state index contributed by atoms with van der Waals surface area (Å²) >= 11 is 0. The van der Waals surface area contributed by atoms with Gasteiger partial charge in [0.2, 0.25) is 0 Å². The molecule has 0 amide bonds. The summed E-state index contributed by atoms with van der Waals surface area (Å²) in [5, 5.41) is 4.35. The van der Waals surface area contributed by atoms with Gasteiger partial charge in [0.15, 0.2) is 0 Å². The smallest absolute Gasteiger partial charge is 0.0917 e. The maximum Gasteiger partial charge on any atom is 0.0917 e. The Hall–Kier alpha value is -2.17. The predicted molar refractivity (Wildman–Crippen MR) is 69.4 cm³/mol. The monoisotopic (exact) mass is 241 g/mol. The van der Waals surface area contributed by atoms with Gasteiger partial charge in [-0.3, -0.25) is 14.6 Å². The van der Waals surface area contributed by atoms with Gasteiger partial charge in [-0.15, -0.1) is 0 Å². The third-order valence-electron chi connectivity index (χ3n) is 3.12. The Balaban J connectivity index is 1.87. The van der Waals surface area contributed by atoms with Crippen molar-refractivity contribution in [1.82, 2.24) is 19.7 Å². The van der Waals surface area contributed by atoms with Gasteiger partial charge in [-0.05, 0) is 31.5 Å². The average Bonchev–Trinajstić information content (AvgIpc) is 3.16. The van der Waals surface area contributed by atoms with E-state index in [-0.39, 0.29) is 0 Å². The van der Waals surface area contributed by atoms with E-state index in [9.17, 15) is 0 Å². The van der Waals surface area contributed by atoms with Crippen molar-refractivity contribution in [2.45, 2.75) is 25.8 Å². The molecule has 0 radical (unpaired) electrons. The van der Waals surface area contributed by atoms with E-state index in [1.165, 1.54) is 19.0 Å². The van der Waals surface area contributed by atoms with E-state index in [4.69, 9.17) is 5.73 Å².